The molecule has 0 bridgehead atoms. The highest BCUT2D eigenvalue weighted by atomic mass is 16.2. The van der Waals surface area contributed by atoms with Gasteiger partial charge in [0.05, 0.1) is 0 Å². The van der Waals surface area contributed by atoms with E-state index in [4.69, 9.17) is 0 Å². The minimum Gasteiger partial charge on any atom is -0.273 e. The molecule has 0 unspecified atom stereocenters. The van der Waals surface area contributed by atoms with Crippen LogP contribution in [0.5, 0.6) is 0 Å². The molecule has 2 amide bonds. The maximum Gasteiger partial charge on any atom is 0.269 e. The quantitative estimate of drug-likeness (QED) is 0.826. The van der Waals surface area contributed by atoms with E-state index >= 15 is 0 Å². The molecule has 5 heteroatoms. The SMILES string of the molecule is O=C(CCc1cccnc1)NNC(=O)c1ccccc1. The van der Waals surface area contributed by atoms with Crippen LogP contribution in [0, 0.1) is 0 Å². The number of carbonyl (C=O) groups is 2. The third-order valence-electron chi connectivity index (χ3n) is 2.71. The molecule has 20 heavy (non-hydrogen) atoms. The van der Waals surface area contributed by atoms with Gasteiger partial charge in [-0.05, 0) is 30.2 Å². The van der Waals surface area contributed by atoms with E-state index in [1.54, 1.807) is 36.7 Å². The molecule has 1 heterocycles. The smallest absolute Gasteiger partial charge is 0.269 e. The van der Waals surface area contributed by atoms with Crippen molar-refractivity contribution < 1.29 is 9.59 Å². The molecule has 0 spiro atoms. The third kappa shape index (κ3) is 4.20. The summed E-state index contributed by atoms with van der Waals surface area (Å²) in [6.45, 7) is 0. The summed E-state index contributed by atoms with van der Waals surface area (Å²) in [6.07, 6.45) is 4.28. The first-order chi connectivity index (χ1) is 9.75. The van der Waals surface area contributed by atoms with Gasteiger partial charge in [0.15, 0.2) is 0 Å². The van der Waals surface area contributed by atoms with Crippen molar-refractivity contribution in [3.8, 4) is 0 Å². The Balaban J connectivity index is 1.74. The number of nitrogens with one attached hydrogen (secondary N) is 2. The van der Waals surface area contributed by atoms with Crippen LogP contribution in [0.1, 0.15) is 22.3 Å². The van der Waals surface area contributed by atoms with Crippen LogP contribution in [-0.4, -0.2) is 16.8 Å². The van der Waals surface area contributed by atoms with Gasteiger partial charge in [0.25, 0.3) is 5.91 Å². The number of amides is 2. The zero-order chi connectivity index (χ0) is 14.2. The molecular formula is C15H15N3O2. The van der Waals surface area contributed by atoms with E-state index in [-0.39, 0.29) is 11.8 Å². The minimum atomic E-state index is -0.333. The Morgan fingerprint density at radius 1 is 1.00 bits per heavy atom. The molecule has 5 nitrogen and oxygen atoms in total. The molecule has 2 rings (SSSR count). The van der Waals surface area contributed by atoms with E-state index in [2.05, 4.69) is 15.8 Å². The van der Waals surface area contributed by atoms with Crippen LogP contribution in [0.25, 0.3) is 0 Å². The first-order valence-corrected chi connectivity index (χ1v) is 6.29. The van der Waals surface area contributed by atoms with Crippen LogP contribution in [0.4, 0.5) is 0 Å². The van der Waals surface area contributed by atoms with Crippen LogP contribution in [-0.2, 0) is 11.2 Å². The predicted molar refractivity (Wildman–Crippen MR) is 74.6 cm³/mol. The van der Waals surface area contributed by atoms with Crippen molar-refractivity contribution >= 4 is 11.8 Å². The molecule has 0 aliphatic rings. The molecular weight excluding hydrogens is 254 g/mol. The fourth-order valence-electron chi connectivity index (χ4n) is 1.65. The normalized spacial score (nSPS) is 9.80. The fourth-order valence-corrected chi connectivity index (χ4v) is 1.65. The summed E-state index contributed by atoms with van der Waals surface area (Å²) in [5, 5.41) is 0. The standard InChI is InChI=1S/C15H15N3O2/c19-14(9-8-12-5-4-10-16-11-12)17-18-15(20)13-6-2-1-3-7-13/h1-7,10-11H,8-9H2,(H,17,19)(H,18,20). The zero-order valence-corrected chi connectivity index (χ0v) is 10.9. The second kappa shape index (κ2) is 7.04. The molecule has 0 radical (unpaired) electrons. The van der Waals surface area contributed by atoms with Crippen LogP contribution < -0.4 is 10.9 Å². The Morgan fingerprint density at radius 3 is 2.50 bits per heavy atom. The van der Waals surface area contributed by atoms with E-state index in [0.29, 0.717) is 18.4 Å². The number of nitrogens with zero attached hydrogens (tertiary/aromatic N) is 1. The summed E-state index contributed by atoms with van der Waals surface area (Å²) in [5.41, 5.74) is 6.26. The number of aryl methyl sites for hydroxylation is 1. The van der Waals surface area contributed by atoms with Gasteiger partial charge in [-0.25, -0.2) is 0 Å². The number of hydrazine groups is 1. The average Bonchev–Trinajstić information content (AvgIpc) is 2.52. The minimum absolute atomic E-state index is 0.238. The van der Waals surface area contributed by atoms with E-state index in [1.165, 1.54) is 0 Å². The molecule has 0 saturated carbocycles. The summed E-state index contributed by atoms with van der Waals surface area (Å²) in [4.78, 5) is 27.3. The lowest BCUT2D eigenvalue weighted by Gasteiger charge is -2.07. The Labute approximate surface area is 117 Å². The Morgan fingerprint density at radius 2 is 1.80 bits per heavy atom. The highest BCUT2D eigenvalue weighted by Gasteiger charge is 2.06. The van der Waals surface area contributed by atoms with Gasteiger partial charge in [0.1, 0.15) is 0 Å². The number of carbonyl (C=O) groups excluding carboxylic acids is 2. The molecule has 102 valence electrons. The lowest BCUT2D eigenvalue weighted by atomic mass is 10.1. The number of hydrogen-bond acceptors (Lipinski definition) is 3. The molecule has 2 N–H and O–H groups in total. The summed E-state index contributed by atoms with van der Waals surface area (Å²) >= 11 is 0. The Hall–Kier alpha value is -2.69. The summed E-state index contributed by atoms with van der Waals surface area (Å²) in [6, 6.07) is 12.4. The maximum absolute atomic E-state index is 11.7. The van der Waals surface area contributed by atoms with E-state index in [0.717, 1.165) is 5.56 Å². The van der Waals surface area contributed by atoms with Gasteiger partial charge in [-0.1, -0.05) is 24.3 Å². The molecule has 1 aromatic carbocycles. The van der Waals surface area contributed by atoms with Crippen molar-refractivity contribution in [2.45, 2.75) is 12.8 Å². The van der Waals surface area contributed by atoms with Crippen molar-refractivity contribution in [2.24, 2.45) is 0 Å². The van der Waals surface area contributed by atoms with Gasteiger partial charge in [-0.3, -0.25) is 25.4 Å². The predicted octanol–water partition coefficient (Wildman–Crippen LogP) is 1.48. The maximum atomic E-state index is 11.7. The van der Waals surface area contributed by atoms with Gasteiger partial charge in [-0.2, -0.15) is 0 Å². The van der Waals surface area contributed by atoms with Gasteiger partial charge >= 0.3 is 0 Å². The monoisotopic (exact) mass is 269 g/mol. The Kier molecular flexibility index (Phi) is 4.83. The lowest BCUT2D eigenvalue weighted by molar-refractivity contribution is -0.121. The van der Waals surface area contributed by atoms with E-state index in [1.807, 2.05) is 18.2 Å². The van der Waals surface area contributed by atoms with Crippen LogP contribution >= 0.6 is 0 Å². The molecule has 1 aromatic heterocycles. The summed E-state index contributed by atoms with van der Waals surface area (Å²) < 4.78 is 0. The lowest BCUT2D eigenvalue weighted by Crippen LogP contribution is -2.41. The van der Waals surface area contributed by atoms with Crippen molar-refractivity contribution in [1.82, 2.24) is 15.8 Å². The van der Waals surface area contributed by atoms with Crippen molar-refractivity contribution in [3.63, 3.8) is 0 Å². The van der Waals surface area contributed by atoms with Crippen LogP contribution in [0.2, 0.25) is 0 Å². The second-order valence-corrected chi connectivity index (χ2v) is 4.23. The first-order valence-electron chi connectivity index (χ1n) is 6.29. The number of benzene rings is 1. The number of aromatic nitrogens is 1. The van der Waals surface area contributed by atoms with Crippen molar-refractivity contribution in [1.29, 1.82) is 0 Å². The topological polar surface area (TPSA) is 71.1 Å². The molecule has 2 aromatic rings. The fraction of sp³-hybridized carbons (Fsp3) is 0.133. The number of pyridine rings is 1. The van der Waals surface area contributed by atoms with E-state index < -0.39 is 0 Å². The molecule has 0 atom stereocenters. The molecule has 0 fully saturated rings. The zero-order valence-electron chi connectivity index (χ0n) is 10.9. The highest BCUT2D eigenvalue weighted by Crippen LogP contribution is 2.00. The van der Waals surface area contributed by atoms with Crippen molar-refractivity contribution in [2.75, 3.05) is 0 Å². The summed E-state index contributed by atoms with van der Waals surface area (Å²) in [7, 11) is 0. The third-order valence-corrected chi connectivity index (χ3v) is 2.71. The summed E-state index contributed by atoms with van der Waals surface area (Å²) in [5.74, 6) is -0.571. The highest BCUT2D eigenvalue weighted by molar-refractivity contribution is 5.95. The first kappa shape index (κ1) is 13.7. The van der Waals surface area contributed by atoms with Crippen LogP contribution in [0.15, 0.2) is 54.9 Å². The van der Waals surface area contributed by atoms with Gasteiger partial charge < -0.3 is 0 Å². The number of rotatable bonds is 4. The van der Waals surface area contributed by atoms with Crippen LogP contribution in [0.3, 0.4) is 0 Å². The largest absolute Gasteiger partial charge is 0.273 e. The van der Waals surface area contributed by atoms with E-state index in [9.17, 15) is 9.59 Å². The molecule has 0 aliphatic carbocycles. The van der Waals surface area contributed by atoms with Gasteiger partial charge in [0.2, 0.25) is 5.91 Å². The molecule has 0 aliphatic heterocycles. The Bertz CT molecular complexity index is 570. The van der Waals surface area contributed by atoms with Crippen molar-refractivity contribution in [3.05, 3.63) is 66.0 Å². The second-order valence-electron chi connectivity index (χ2n) is 4.23. The van der Waals surface area contributed by atoms with Gasteiger partial charge in [0, 0.05) is 24.4 Å². The average molecular weight is 269 g/mol. The van der Waals surface area contributed by atoms with Gasteiger partial charge in [-0.15, -0.1) is 0 Å². The molecule has 0 saturated heterocycles. The number of hydrogen-bond donors (Lipinski definition) is 2.